The minimum Gasteiger partial charge on any atom is -0.350 e. The van der Waals surface area contributed by atoms with Crippen LogP contribution in [0.2, 0.25) is 0 Å². The van der Waals surface area contributed by atoms with Crippen LogP contribution in [0.25, 0.3) is 0 Å². The number of hydrogen-bond acceptors (Lipinski definition) is 3. The third-order valence-corrected chi connectivity index (χ3v) is 4.60. The molecule has 5 heteroatoms. The Morgan fingerprint density at radius 3 is 2.68 bits per heavy atom. The predicted molar refractivity (Wildman–Crippen MR) is 88.4 cm³/mol. The lowest BCUT2D eigenvalue weighted by atomic mass is 10.1. The third kappa shape index (κ3) is 4.93. The number of carbonyl (C=O) groups excluding carboxylic acids is 1. The Kier molecular flexibility index (Phi) is 6.10. The Hall–Kier alpha value is -1.72. The first-order valence-corrected chi connectivity index (χ1v) is 8.19. The van der Waals surface area contributed by atoms with Crippen LogP contribution in [0.1, 0.15) is 17.4 Å². The quantitative estimate of drug-likeness (QED) is 0.850. The van der Waals surface area contributed by atoms with E-state index in [1.165, 1.54) is 12.1 Å². The van der Waals surface area contributed by atoms with Crippen molar-refractivity contribution in [3.63, 3.8) is 0 Å². The van der Waals surface area contributed by atoms with Crippen molar-refractivity contribution in [3.8, 4) is 0 Å². The summed E-state index contributed by atoms with van der Waals surface area (Å²) < 4.78 is 12.9. The molecule has 0 spiro atoms. The highest BCUT2D eigenvalue weighted by atomic mass is 32.1. The number of benzene rings is 1. The van der Waals surface area contributed by atoms with E-state index in [1.54, 1.807) is 23.5 Å². The van der Waals surface area contributed by atoms with Crippen molar-refractivity contribution in [1.29, 1.82) is 0 Å². The van der Waals surface area contributed by atoms with Crippen LogP contribution in [-0.2, 0) is 17.8 Å². The summed E-state index contributed by atoms with van der Waals surface area (Å²) in [7, 11) is 1.93. The molecule has 0 saturated heterocycles. The van der Waals surface area contributed by atoms with Crippen molar-refractivity contribution in [2.75, 3.05) is 13.6 Å². The molecule has 1 heterocycles. The van der Waals surface area contributed by atoms with E-state index < -0.39 is 0 Å². The average Bonchev–Trinajstić information content (AvgIpc) is 3.04. The van der Waals surface area contributed by atoms with Crippen LogP contribution in [-0.4, -0.2) is 30.4 Å². The van der Waals surface area contributed by atoms with Gasteiger partial charge >= 0.3 is 0 Å². The van der Waals surface area contributed by atoms with Gasteiger partial charge in [0.15, 0.2) is 0 Å². The number of carbonyl (C=O) groups is 1. The molecular weight excluding hydrogens is 299 g/mol. The normalized spacial score (nSPS) is 12.4. The molecule has 118 valence electrons. The highest BCUT2D eigenvalue weighted by molar-refractivity contribution is 7.09. The summed E-state index contributed by atoms with van der Waals surface area (Å²) in [5.41, 5.74) is 1.07. The lowest BCUT2D eigenvalue weighted by Crippen LogP contribution is -2.43. The van der Waals surface area contributed by atoms with Gasteiger partial charge in [0.2, 0.25) is 5.91 Å². The van der Waals surface area contributed by atoms with Crippen molar-refractivity contribution >= 4 is 17.2 Å². The number of nitrogens with one attached hydrogen (secondary N) is 1. The Bertz CT molecular complexity index is 583. The van der Waals surface area contributed by atoms with Gasteiger partial charge < -0.3 is 5.32 Å². The van der Waals surface area contributed by atoms with Crippen LogP contribution in [0.3, 0.4) is 0 Å². The molecular formula is C17H21FN2OS. The fraction of sp³-hybridized carbons (Fsp3) is 0.353. The average molecular weight is 320 g/mol. The zero-order valence-electron chi connectivity index (χ0n) is 12.9. The number of nitrogens with zero attached hydrogens (tertiary/aromatic N) is 1. The lowest BCUT2D eigenvalue weighted by molar-refractivity contribution is -0.125. The minimum absolute atomic E-state index is 0.0232. The SMILES string of the molecule is CC(C(=O)NCc1cccs1)N(C)CCc1ccc(F)cc1. The molecule has 22 heavy (non-hydrogen) atoms. The number of rotatable bonds is 7. The van der Waals surface area contributed by atoms with Crippen LogP contribution < -0.4 is 5.32 Å². The standard InChI is InChI=1S/C17H21FN2OS/c1-13(17(21)19-12-16-4-3-11-22-16)20(2)10-9-14-5-7-15(18)8-6-14/h3-8,11,13H,9-10,12H2,1-2H3,(H,19,21). The zero-order chi connectivity index (χ0) is 15.9. The van der Waals surface area contributed by atoms with E-state index >= 15 is 0 Å². The number of likely N-dealkylation sites (N-methyl/N-ethyl adjacent to an activating group) is 1. The van der Waals surface area contributed by atoms with Gasteiger partial charge in [0.25, 0.3) is 0 Å². The Morgan fingerprint density at radius 2 is 2.05 bits per heavy atom. The Morgan fingerprint density at radius 1 is 1.32 bits per heavy atom. The first-order valence-electron chi connectivity index (χ1n) is 7.31. The fourth-order valence-electron chi connectivity index (χ4n) is 2.09. The molecule has 1 unspecified atom stereocenters. The van der Waals surface area contributed by atoms with Crippen LogP contribution in [0.4, 0.5) is 4.39 Å². The van der Waals surface area contributed by atoms with Crippen molar-refractivity contribution in [2.24, 2.45) is 0 Å². The van der Waals surface area contributed by atoms with E-state index in [0.29, 0.717) is 6.54 Å². The zero-order valence-corrected chi connectivity index (χ0v) is 13.7. The van der Waals surface area contributed by atoms with E-state index in [0.717, 1.165) is 23.4 Å². The van der Waals surface area contributed by atoms with E-state index in [4.69, 9.17) is 0 Å². The van der Waals surface area contributed by atoms with Crippen LogP contribution in [0.15, 0.2) is 41.8 Å². The van der Waals surface area contributed by atoms with E-state index in [9.17, 15) is 9.18 Å². The van der Waals surface area contributed by atoms with Gasteiger partial charge in [-0.25, -0.2) is 4.39 Å². The summed E-state index contributed by atoms with van der Waals surface area (Å²) in [4.78, 5) is 15.3. The van der Waals surface area contributed by atoms with Crippen LogP contribution >= 0.6 is 11.3 Å². The summed E-state index contributed by atoms with van der Waals surface area (Å²) >= 11 is 1.63. The number of thiophene rings is 1. The number of halogens is 1. The second-order valence-corrected chi connectivity index (χ2v) is 6.36. The molecule has 1 aromatic heterocycles. The maximum Gasteiger partial charge on any atom is 0.237 e. The van der Waals surface area contributed by atoms with Gasteiger partial charge in [-0.05, 0) is 49.5 Å². The summed E-state index contributed by atoms with van der Waals surface area (Å²) in [5, 5.41) is 4.95. The molecule has 1 atom stereocenters. The van der Waals surface area contributed by atoms with Gasteiger partial charge in [-0.2, -0.15) is 0 Å². The Labute approximate surface area is 134 Å². The second kappa shape index (κ2) is 8.06. The van der Waals surface area contributed by atoms with E-state index in [-0.39, 0.29) is 17.8 Å². The molecule has 0 aliphatic heterocycles. The molecule has 0 aliphatic rings. The number of hydrogen-bond donors (Lipinski definition) is 1. The van der Waals surface area contributed by atoms with E-state index in [2.05, 4.69) is 5.32 Å². The Balaban J connectivity index is 1.76. The molecule has 1 amide bonds. The topological polar surface area (TPSA) is 32.3 Å². The molecule has 1 N–H and O–H groups in total. The summed E-state index contributed by atoms with van der Waals surface area (Å²) in [6.07, 6.45) is 0.791. The van der Waals surface area contributed by atoms with Crippen molar-refractivity contribution in [3.05, 3.63) is 58.0 Å². The van der Waals surface area contributed by atoms with Gasteiger partial charge in [-0.3, -0.25) is 9.69 Å². The molecule has 2 rings (SSSR count). The molecule has 0 fully saturated rings. The smallest absolute Gasteiger partial charge is 0.237 e. The molecule has 3 nitrogen and oxygen atoms in total. The first kappa shape index (κ1) is 16.6. The molecule has 0 radical (unpaired) electrons. The van der Waals surface area contributed by atoms with Crippen molar-refractivity contribution in [1.82, 2.24) is 10.2 Å². The maximum absolute atomic E-state index is 12.9. The molecule has 0 aliphatic carbocycles. The highest BCUT2D eigenvalue weighted by Gasteiger charge is 2.17. The monoisotopic (exact) mass is 320 g/mol. The molecule has 0 bridgehead atoms. The van der Waals surface area contributed by atoms with Gasteiger partial charge in [-0.15, -0.1) is 11.3 Å². The summed E-state index contributed by atoms with van der Waals surface area (Å²) in [5.74, 6) is -0.201. The van der Waals surface area contributed by atoms with Gasteiger partial charge in [0.05, 0.1) is 12.6 Å². The molecule has 0 saturated carbocycles. The van der Waals surface area contributed by atoms with Crippen molar-refractivity contribution < 1.29 is 9.18 Å². The highest BCUT2D eigenvalue weighted by Crippen LogP contribution is 2.08. The van der Waals surface area contributed by atoms with Crippen LogP contribution in [0.5, 0.6) is 0 Å². The van der Waals surface area contributed by atoms with Crippen LogP contribution in [0, 0.1) is 5.82 Å². The lowest BCUT2D eigenvalue weighted by Gasteiger charge is -2.23. The maximum atomic E-state index is 12.9. The second-order valence-electron chi connectivity index (χ2n) is 5.33. The minimum atomic E-state index is -0.224. The summed E-state index contributed by atoms with van der Waals surface area (Å²) in [6, 6.07) is 10.3. The largest absolute Gasteiger partial charge is 0.350 e. The van der Waals surface area contributed by atoms with E-state index in [1.807, 2.05) is 36.4 Å². The predicted octanol–water partition coefficient (Wildman–Crippen LogP) is 3.07. The summed E-state index contributed by atoms with van der Waals surface area (Å²) in [6.45, 7) is 3.22. The van der Waals surface area contributed by atoms with Gasteiger partial charge in [0, 0.05) is 11.4 Å². The molecule has 1 aromatic carbocycles. The molecule has 2 aromatic rings. The fourth-order valence-corrected chi connectivity index (χ4v) is 2.73. The van der Waals surface area contributed by atoms with Gasteiger partial charge in [0.1, 0.15) is 5.82 Å². The van der Waals surface area contributed by atoms with Crippen molar-refractivity contribution in [2.45, 2.75) is 25.9 Å². The number of amides is 1. The van der Waals surface area contributed by atoms with Gasteiger partial charge in [-0.1, -0.05) is 18.2 Å². The third-order valence-electron chi connectivity index (χ3n) is 3.72. The first-order chi connectivity index (χ1) is 10.6.